The maximum absolute atomic E-state index is 4.34. The molecule has 29 heavy (non-hydrogen) atoms. The molecule has 0 atom stereocenters. The minimum absolute atomic E-state index is 0. The monoisotopic (exact) mass is 504 g/mol. The summed E-state index contributed by atoms with van der Waals surface area (Å²) in [5.74, 6) is 0.801. The summed E-state index contributed by atoms with van der Waals surface area (Å²) < 4.78 is 1.94. The SMILES string of the molecule is CN=C(NCCN(C)c1ccccc1)NCc1ccccc1Cn1cccn1.I. The molecule has 1 aromatic heterocycles. The summed E-state index contributed by atoms with van der Waals surface area (Å²) >= 11 is 0. The molecular weight excluding hydrogens is 475 g/mol. The predicted octanol–water partition coefficient (Wildman–Crippen LogP) is 3.35. The van der Waals surface area contributed by atoms with Gasteiger partial charge in [0.05, 0.1) is 6.54 Å². The number of aromatic nitrogens is 2. The largest absolute Gasteiger partial charge is 0.373 e. The Balaban J connectivity index is 0.00000300. The number of guanidine groups is 1. The van der Waals surface area contributed by atoms with Gasteiger partial charge in [0.2, 0.25) is 0 Å². The van der Waals surface area contributed by atoms with Crippen LogP contribution in [0, 0.1) is 0 Å². The van der Waals surface area contributed by atoms with Crippen molar-refractivity contribution >= 4 is 35.6 Å². The summed E-state index contributed by atoms with van der Waals surface area (Å²) in [5.41, 5.74) is 3.69. The fourth-order valence-electron chi connectivity index (χ4n) is 3.01. The Morgan fingerprint density at radius 1 is 1.00 bits per heavy atom. The van der Waals surface area contributed by atoms with E-state index in [0.29, 0.717) is 6.54 Å². The molecule has 0 saturated carbocycles. The van der Waals surface area contributed by atoms with Crippen molar-refractivity contribution in [2.45, 2.75) is 13.1 Å². The van der Waals surface area contributed by atoms with Gasteiger partial charge in [0.25, 0.3) is 0 Å². The zero-order chi connectivity index (χ0) is 19.6. The van der Waals surface area contributed by atoms with E-state index in [1.807, 2.05) is 23.0 Å². The molecule has 0 spiro atoms. The first-order valence-corrected chi connectivity index (χ1v) is 9.51. The Bertz CT molecular complexity index is 864. The van der Waals surface area contributed by atoms with Gasteiger partial charge >= 0.3 is 0 Å². The van der Waals surface area contributed by atoms with Crippen LogP contribution in [0.5, 0.6) is 0 Å². The molecule has 2 aromatic carbocycles. The number of hydrogen-bond donors (Lipinski definition) is 2. The zero-order valence-corrected chi connectivity index (χ0v) is 19.3. The van der Waals surface area contributed by atoms with Gasteiger partial charge in [-0.1, -0.05) is 42.5 Å². The fourth-order valence-corrected chi connectivity index (χ4v) is 3.01. The first-order chi connectivity index (χ1) is 13.8. The van der Waals surface area contributed by atoms with Gasteiger partial charge < -0.3 is 15.5 Å². The van der Waals surface area contributed by atoms with Crippen LogP contribution in [0.25, 0.3) is 0 Å². The quantitative estimate of drug-likeness (QED) is 0.281. The van der Waals surface area contributed by atoms with Crippen molar-refractivity contribution in [1.29, 1.82) is 0 Å². The van der Waals surface area contributed by atoms with E-state index in [0.717, 1.165) is 25.6 Å². The van der Waals surface area contributed by atoms with Crippen LogP contribution in [0.1, 0.15) is 11.1 Å². The lowest BCUT2D eigenvalue weighted by molar-refractivity contribution is 0.677. The van der Waals surface area contributed by atoms with Crippen molar-refractivity contribution in [3.63, 3.8) is 0 Å². The number of aliphatic imine (C=N–C) groups is 1. The molecule has 0 aliphatic carbocycles. The van der Waals surface area contributed by atoms with Crippen LogP contribution in [0.15, 0.2) is 78.0 Å². The molecule has 6 nitrogen and oxygen atoms in total. The van der Waals surface area contributed by atoms with E-state index in [4.69, 9.17) is 0 Å². The van der Waals surface area contributed by atoms with Crippen LogP contribution in [-0.2, 0) is 13.1 Å². The molecule has 0 radical (unpaired) electrons. The molecule has 0 aliphatic heterocycles. The van der Waals surface area contributed by atoms with Gasteiger partial charge in [0.1, 0.15) is 0 Å². The van der Waals surface area contributed by atoms with Crippen molar-refractivity contribution in [2.75, 3.05) is 32.1 Å². The number of anilines is 1. The molecule has 154 valence electrons. The van der Waals surface area contributed by atoms with E-state index < -0.39 is 0 Å². The number of rotatable bonds is 8. The summed E-state index contributed by atoms with van der Waals surface area (Å²) in [6.45, 7) is 3.17. The summed E-state index contributed by atoms with van der Waals surface area (Å²) in [6.07, 6.45) is 3.78. The third-order valence-corrected chi connectivity index (χ3v) is 4.62. The highest BCUT2D eigenvalue weighted by Gasteiger charge is 2.05. The standard InChI is InChI=1S/C22H28N6.HI/c1-23-22(24-14-16-27(2)21-11-4-3-5-12-21)25-17-19-9-6-7-10-20(19)18-28-15-8-13-26-28;/h3-13,15H,14,16-18H2,1-2H3,(H2,23,24,25);1H. The van der Waals surface area contributed by atoms with Gasteiger partial charge in [0, 0.05) is 51.8 Å². The molecular formula is C22H29IN6. The van der Waals surface area contributed by atoms with Gasteiger partial charge in [-0.3, -0.25) is 9.67 Å². The Morgan fingerprint density at radius 3 is 2.41 bits per heavy atom. The second-order valence-electron chi connectivity index (χ2n) is 6.58. The van der Waals surface area contributed by atoms with E-state index >= 15 is 0 Å². The van der Waals surface area contributed by atoms with Gasteiger partial charge in [-0.15, -0.1) is 24.0 Å². The van der Waals surface area contributed by atoms with Crippen molar-refractivity contribution < 1.29 is 0 Å². The molecule has 3 aromatic rings. The second-order valence-corrected chi connectivity index (χ2v) is 6.58. The van der Waals surface area contributed by atoms with Crippen LogP contribution < -0.4 is 15.5 Å². The minimum atomic E-state index is 0. The number of hydrogen-bond acceptors (Lipinski definition) is 3. The fraction of sp³-hybridized carbons (Fsp3) is 0.273. The lowest BCUT2D eigenvalue weighted by Crippen LogP contribution is -2.40. The molecule has 2 N–H and O–H groups in total. The van der Waals surface area contributed by atoms with E-state index in [-0.39, 0.29) is 24.0 Å². The number of benzene rings is 2. The maximum atomic E-state index is 4.34. The molecule has 3 rings (SSSR count). The molecule has 0 amide bonds. The molecule has 0 fully saturated rings. The normalized spacial score (nSPS) is 10.9. The van der Waals surface area contributed by atoms with E-state index in [1.54, 1.807) is 13.2 Å². The minimum Gasteiger partial charge on any atom is -0.373 e. The first kappa shape index (κ1) is 22.7. The lowest BCUT2D eigenvalue weighted by atomic mass is 10.1. The van der Waals surface area contributed by atoms with Gasteiger partial charge in [-0.05, 0) is 29.3 Å². The van der Waals surface area contributed by atoms with Crippen LogP contribution in [0.2, 0.25) is 0 Å². The first-order valence-electron chi connectivity index (χ1n) is 9.51. The summed E-state index contributed by atoms with van der Waals surface area (Å²) in [5, 5.41) is 11.1. The second kappa shape index (κ2) is 12.1. The van der Waals surface area contributed by atoms with Crippen LogP contribution in [0.4, 0.5) is 5.69 Å². The molecule has 0 unspecified atom stereocenters. The summed E-state index contributed by atoms with van der Waals surface area (Å²) in [4.78, 5) is 6.56. The number of para-hydroxylation sites is 1. The highest BCUT2D eigenvalue weighted by atomic mass is 127. The van der Waals surface area contributed by atoms with E-state index in [1.165, 1.54) is 16.8 Å². The van der Waals surface area contributed by atoms with Crippen molar-refractivity contribution in [3.8, 4) is 0 Å². The molecule has 0 saturated heterocycles. The molecule has 0 aliphatic rings. The van der Waals surface area contributed by atoms with Crippen LogP contribution in [-0.4, -0.2) is 42.9 Å². The highest BCUT2D eigenvalue weighted by Crippen LogP contribution is 2.11. The van der Waals surface area contributed by atoms with E-state index in [9.17, 15) is 0 Å². The van der Waals surface area contributed by atoms with E-state index in [2.05, 4.69) is 81.2 Å². The van der Waals surface area contributed by atoms with Gasteiger partial charge in [-0.25, -0.2) is 0 Å². The van der Waals surface area contributed by atoms with Crippen LogP contribution >= 0.6 is 24.0 Å². The zero-order valence-electron chi connectivity index (χ0n) is 17.0. The Labute approximate surface area is 190 Å². The Hall–Kier alpha value is -2.55. The third-order valence-electron chi connectivity index (χ3n) is 4.62. The molecule has 7 heteroatoms. The molecule has 0 bridgehead atoms. The predicted molar refractivity (Wildman–Crippen MR) is 131 cm³/mol. The van der Waals surface area contributed by atoms with Gasteiger partial charge in [0.15, 0.2) is 5.96 Å². The number of likely N-dealkylation sites (N-methyl/N-ethyl adjacent to an activating group) is 1. The van der Waals surface area contributed by atoms with Crippen molar-refractivity contribution in [3.05, 3.63) is 84.2 Å². The number of nitrogens with zero attached hydrogens (tertiary/aromatic N) is 4. The lowest BCUT2D eigenvalue weighted by Gasteiger charge is -2.20. The van der Waals surface area contributed by atoms with Gasteiger partial charge in [-0.2, -0.15) is 5.10 Å². The Morgan fingerprint density at radius 2 is 1.72 bits per heavy atom. The van der Waals surface area contributed by atoms with Crippen molar-refractivity contribution in [2.24, 2.45) is 4.99 Å². The van der Waals surface area contributed by atoms with Crippen LogP contribution in [0.3, 0.4) is 0 Å². The third kappa shape index (κ3) is 7.08. The molecule has 1 heterocycles. The number of nitrogens with one attached hydrogen (secondary N) is 2. The highest BCUT2D eigenvalue weighted by molar-refractivity contribution is 14.0. The summed E-state index contributed by atoms with van der Waals surface area (Å²) in [7, 11) is 3.89. The number of halogens is 1. The average Bonchev–Trinajstić information content (AvgIpc) is 3.25. The van der Waals surface area contributed by atoms with Crippen molar-refractivity contribution in [1.82, 2.24) is 20.4 Å². The summed E-state index contributed by atoms with van der Waals surface area (Å²) in [6, 6.07) is 20.7. The Kier molecular flexibility index (Phi) is 9.49. The topological polar surface area (TPSA) is 57.5 Å². The smallest absolute Gasteiger partial charge is 0.191 e. The maximum Gasteiger partial charge on any atom is 0.191 e. The average molecular weight is 504 g/mol.